The van der Waals surface area contributed by atoms with Crippen LogP contribution in [0, 0.1) is 5.92 Å². The van der Waals surface area contributed by atoms with E-state index in [0.717, 1.165) is 12.8 Å². The number of carbonyl (C=O) groups excluding carboxylic acids is 1. The highest BCUT2D eigenvalue weighted by Crippen LogP contribution is 2.38. The maximum absolute atomic E-state index is 11.9. The average Bonchev–Trinajstić information content (AvgIpc) is 3.02. The summed E-state index contributed by atoms with van der Waals surface area (Å²) in [4.78, 5) is 11.9. The normalized spacial score (nSPS) is 21.6. The molecule has 1 saturated carbocycles. The van der Waals surface area contributed by atoms with Crippen molar-refractivity contribution < 1.29 is 14.3 Å². The molecule has 1 aliphatic rings. The number of methoxy groups -OCH3 is 2. The van der Waals surface area contributed by atoms with Gasteiger partial charge in [0.05, 0.1) is 11.6 Å². The quantitative estimate of drug-likeness (QED) is 0.641. The van der Waals surface area contributed by atoms with E-state index in [2.05, 4.69) is 5.32 Å². The molecule has 0 bridgehead atoms. The Labute approximate surface area is 96.7 Å². The van der Waals surface area contributed by atoms with Crippen LogP contribution in [0.15, 0.2) is 0 Å². The van der Waals surface area contributed by atoms with Crippen molar-refractivity contribution >= 4 is 5.91 Å². The zero-order valence-corrected chi connectivity index (χ0v) is 10.4. The Kier molecular flexibility index (Phi) is 4.29. The smallest absolute Gasteiger partial charge is 0.240 e. The molecule has 0 aromatic heterocycles. The van der Waals surface area contributed by atoms with Crippen LogP contribution in [0.5, 0.6) is 0 Å². The van der Waals surface area contributed by atoms with Gasteiger partial charge in [0.25, 0.3) is 0 Å². The number of ether oxygens (including phenoxy) is 2. The van der Waals surface area contributed by atoms with Gasteiger partial charge in [-0.05, 0) is 32.6 Å². The zero-order valence-electron chi connectivity index (χ0n) is 10.4. The maximum atomic E-state index is 11.9. The molecule has 0 heterocycles. The van der Waals surface area contributed by atoms with Gasteiger partial charge in [-0.2, -0.15) is 0 Å². The Morgan fingerprint density at radius 2 is 1.94 bits per heavy atom. The summed E-state index contributed by atoms with van der Waals surface area (Å²) in [5, 5.41) is 2.83. The van der Waals surface area contributed by atoms with E-state index >= 15 is 0 Å². The molecule has 1 fully saturated rings. The lowest BCUT2D eigenvalue weighted by molar-refractivity contribution is -0.139. The summed E-state index contributed by atoms with van der Waals surface area (Å²) in [7, 11) is 3.08. The first-order chi connectivity index (χ1) is 7.43. The first-order valence-electron chi connectivity index (χ1n) is 5.59. The van der Waals surface area contributed by atoms with Gasteiger partial charge in [0.2, 0.25) is 5.91 Å². The van der Waals surface area contributed by atoms with E-state index in [-0.39, 0.29) is 11.9 Å². The van der Waals surface area contributed by atoms with Crippen LogP contribution >= 0.6 is 0 Å². The number of hydrogen-bond donors (Lipinski definition) is 2. The molecule has 0 aromatic rings. The molecule has 0 radical (unpaired) electrons. The number of carbonyl (C=O) groups is 1. The Hall–Kier alpha value is -0.650. The van der Waals surface area contributed by atoms with Crippen LogP contribution < -0.4 is 11.1 Å². The van der Waals surface area contributed by atoms with Crippen LogP contribution in [-0.2, 0) is 14.3 Å². The highest BCUT2D eigenvalue weighted by atomic mass is 16.7. The van der Waals surface area contributed by atoms with Gasteiger partial charge >= 0.3 is 0 Å². The van der Waals surface area contributed by atoms with Crippen LogP contribution in [-0.4, -0.2) is 38.0 Å². The Morgan fingerprint density at radius 3 is 2.31 bits per heavy atom. The summed E-state index contributed by atoms with van der Waals surface area (Å²) >= 11 is 0. The molecule has 3 N–H and O–H groups in total. The number of nitrogens with one attached hydrogen (secondary N) is 1. The van der Waals surface area contributed by atoms with Gasteiger partial charge in [-0.25, -0.2) is 0 Å². The standard InChI is InChI=1S/C11H22N2O3/c1-7(9(15-3)16-4)13-10(14)11(2,12)8-5-6-8/h7-9H,5-6,12H2,1-4H3,(H,13,14). The molecule has 1 aliphatic carbocycles. The van der Waals surface area contributed by atoms with Crippen LogP contribution in [0.2, 0.25) is 0 Å². The van der Waals surface area contributed by atoms with Crippen molar-refractivity contribution in [3.8, 4) is 0 Å². The molecule has 5 heteroatoms. The van der Waals surface area contributed by atoms with Gasteiger partial charge < -0.3 is 20.5 Å². The number of hydrogen-bond acceptors (Lipinski definition) is 4. The van der Waals surface area contributed by atoms with E-state index in [1.54, 1.807) is 21.1 Å². The van der Waals surface area contributed by atoms with Gasteiger partial charge in [-0.15, -0.1) is 0 Å². The molecule has 94 valence electrons. The number of nitrogens with two attached hydrogens (primary N) is 1. The molecule has 0 spiro atoms. The van der Waals surface area contributed by atoms with Gasteiger partial charge in [0.15, 0.2) is 6.29 Å². The van der Waals surface area contributed by atoms with E-state index in [1.165, 1.54) is 0 Å². The minimum Gasteiger partial charge on any atom is -0.354 e. The fraction of sp³-hybridized carbons (Fsp3) is 0.909. The summed E-state index contributed by atoms with van der Waals surface area (Å²) < 4.78 is 10.1. The van der Waals surface area contributed by atoms with E-state index < -0.39 is 11.8 Å². The largest absolute Gasteiger partial charge is 0.354 e. The summed E-state index contributed by atoms with van der Waals surface area (Å²) in [5.74, 6) is 0.171. The SMILES string of the molecule is COC(OC)C(C)NC(=O)C(C)(N)C1CC1. The molecule has 2 unspecified atom stereocenters. The molecule has 1 amide bonds. The van der Waals surface area contributed by atoms with Gasteiger partial charge in [-0.3, -0.25) is 4.79 Å². The maximum Gasteiger partial charge on any atom is 0.240 e. The molecular formula is C11H22N2O3. The molecule has 5 nitrogen and oxygen atoms in total. The van der Waals surface area contributed by atoms with Gasteiger partial charge in [0.1, 0.15) is 0 Å². The summed E-state index contributed by atoms with van der Waals surface area (Å²) in [6, 6.07) is -0.218. The lowest BCUT2D eigenvalue weighted by Gasteiger charge is -2.28. The first-order valence-corrected chi connectivity index (χ1v) is 5.59. The average molecular weight is 230 g/mol. The summed E-state index contributed by atoms with van der Waals surface area (Å²) in [6.45, 7) is 3.61. The fourth-order valence-electron chi connectivity index (χ4n) is 1.80. The van der Waals surface area contributed by atoms with Crippen LogP contribution in [0.3, 0.4) is 0 Å². The minimum absolute atomic E-state index is 0.137. The predicted molar refractivity (Wildman–Crippen MR) is 60.7 cm³/mol. The molecule has 0 aliphatic heterocycles. The van der Waals surface area contributed by atoms with Crippen molar-refractivity contribution in [3.63, 3.8) is 0 Å². The highest BCUT2D eigenvalue weighted by molar-refractivity contribution is 5.86. The molecular weight excluding hydrogens is 208 g/mol. The Balaban J connectivity index is 2.49. The lowest BCUT2D eigenvalue weighted by Crippen LogP contribution is -2.57. The second kappa shape index (κ2) is 5.12. The molecule has 16 heavy (non-hydrogen) atoms. The van der Waals surface area contributed by atoms with Crippen molar-refractivity contribution in [2.24, 2.45) is 11.7 Å². The first kappa shape index (κ1) is 13.4. The fourth-order valence-corrected chi connectivity index (χ4v) is 1.80. The van der Waals surface area contributed by atoms with E-state index in [4.69, 9.17) is 15.2 Å². The van der Waals surface area contributed by atoms with Crippen molar-refractivity contribution in [1.82, 2.24) is 5.32 Å². The predicted octanol–water partition coefficient (Wildman–Crippen LogP) is 0.237. The van der Waals surface area contributed by atoms with E-state index in [1.807, 2.05) is 6.92 Å². The lowest BCUT2D eigenvalue weighted by atomic mass is 9.96. The molecule has 2 atom stereocenters. The zero-order chi connectivity index (χ0) is 12.3. The van der Waals surface area contributed by atoms with Gasteiger partial charge in [-0.1, -0.05) is 0 Å². The number of rotatable bonds is 6. The highest BCUT2D eigenvalue weighted by Gasteiger charge is 2.44. The van der Waals surface area contributed by atoms with Crippen LogP contribution in [0.4, 0.5) is 0 Å². The second-order valence-electron chi connectivity index (χ2n) is 4.66. The molecule has 1 rings (SSSR count). The molecule has 0 saturated heterocycles. The summed E-state index contributed by atoms with van der Waals surface area (Å²) in [6.07, 6.45) is 1.62. The van der Waals surface area contributed by atoms with Crippen molar-refractivity contribution in [2.75, 3.05) is 14.2 Å². The topological polar surface area (TPSA) is 73.6 Å². The van der Waals surface area contributed by atoms with E-state index in [9.17, 15) is 4.79 Å². The second-order valence-corrected chi connectivity index (χ2v) is 4.66. The third-order valence-electron chi connectivity index (χ3n) is 3.15. The third-order valence-corrected chi connectivity index (χ3v) is 3.15. The Bertz CT molecular complexity index is 248. The van der Waals surface area contributed by atoms with Crippen molar-refractivity contribution in [2.45, 2.75) is 44.6 Å². The van der Waals surface area contributed by atoms with Crippen LogP contribution in [0.1, 0.15) is 26.7 Å². The van der Waals surface area contributed by atoms with Crippen molar-refractivity contribution in [1.29, 1.82) is 0 Å². The molecule has 0 aromatic carbocycles. The van der Waals surface area contributed by atoms with Gasteiger partial charge in [0, 0.05) is 14.2 Å². The number of amides is 1. The van der Waals surface area contributed by atoms with Crippen LogP contribution in [0.25, 0.3) is 0 Å². The van der Waals surface area contributed by atoms with E-state index in [0.29, 0.717) is 5.92 Å². The Morgan fingerprint density at radius 1 is 1.44 bits per heavy atom. The minimum atomic E-state index is -0.777. The monoisotopic (exact) mass is 230 g/mol. The third kappa shape index (κ3) is 2.93. The summed E-state index contributed by atoms with van der Waals surface area (Å²) in [5.41, 5.74) is 5.23. The van der Waals surface area contributed by atoms with Crippen molar-refractivity contribution in [3.05, 3.63) is 0 Å².